The summed E-state index contributed by atoms with van der Waals surface area (Å²) in [5.74, 6) is 0.0156. The van der Waals surface area contributed by atoms with Gasteiger partial charge in [-0.15, -0.1) is 0 Å². The Morgan fingerprint density at radius 1 is 1.33 bits per heavy atom. The molecule has 1 fully saturated rings. The second-order valence-corrected chi connectivity index (χ2v) is 3.88. The molecule has 0 radical (unpaired) electrons. The molecule has 0 unspecified atom stereocenters. The highest BCUT2D eigenvalue weighted by Gasteiger charge is 2.39. The number of carbonyl (C=O) groups is 2. The van der Waals surface area contributed by atoms with Crippen LogP contribution in [0.3, 0.4) is 0 Å². The molecule has 1 saturated heterocycles. The van der Waals surface area contributed by atoms with E-state index in [4.69, 9.17) is 0 Å². The molecule has 0 atom stereocenters. The summed E-state index contributed by atoms with van der Waals surface area (Å²) in [6.45, 7) is 4.12. The molecule has 68 valence electrons. The molecule has 0 aliphatic carbocycles. The van der Waals surface area contributed by atoms with Crippen LogP contribution in [0.1, 0.15) is 26.7 Å². The molecule has 12 heavy (non-hydrogen) atoms. The fourth-order valence-corrected chi connectivity index (χ4v) is 1.49. The van der Waals surface area contributed by atoms with E-state index < -0.39 is 5.41 Å². The van der Waals surface area contributed by atoms with Crippen molar-refractivity contribution < 1.29 is 9.59 Å². The third kappa shape index (κ3) is 1.36. The minimum Gasteiger partial charge on any atom is -0.345 e. The van der Waals surface area contributed by atoms with Gasteiger partial charge in [0.2, 0.25) is 5.91 Å². The van der Waals surface area contributed by atoms with Crippen LogP contribution in [0.25, 0.3) is 0 Å². The summed E-state index contributed by atoms with van der Waals surface area (Å²) in [5, 5.41) is 0. The van der Waals surface area contributed by atoms with Gasteiger partial charge in [-0.2, -0.15) is 0 Å². The highest BCUT2D eigenvalue weighted by molar-refractivity contribution is 6.05. The lowest BCUT2D eigenvalue weighted by molar-refractivity contribution is -0.144. The van der Waals surface area contributed by atoms with Gasteiger partial charge in [0.25, 0.3) is 0 Å². The van der Waals surface area contributed by atoms with Gasteiger partial charge in [0.05, 0.1) is 0 Å². The Bertz CT molecular complexity index is 221. The van der Waals surface area contributed by atoms with E-state index in [1.807, 2.05) is 0 Å². The van der Waals surface area contributed by atoms with Crippen LogP contribution in [0.4, 0.5) is 0 Å². The topological polar surface area (TPSA) is 37.4 Å². The maximum Gasteiger partial charge on any atom is 0.235 e. The van der Waals surface area contributed by atoms with Crippen LogP contribution in [0.5, 0.6) is 0 Å². The van der Waals surface area contributed by atoms with Crippen molar-refractivity contribution in [1.82, 2.24) is 4.90 Å². The van der Waals surface area contributed by atoms with Crippen LogP contribution in [0.15, 0.2) is 0 Å². The van der Waals surface area contributed by atoms with Crippen molar-refractivity contribution in [1.29, 1.82) is 0 Å². The number of rotatable bonds is 0. The lowest BCUT2D eigenvalue weighted by atomic mass is 9.86. The van der Waals surface area contributed by atoms with Crippen molar-refractivity contribution in [3.05, 3.63) is 0 Å². The lowest BCUT2D eigenvalue weighted by Gasteiger charge is -2.24. The van der Waals surface area contributed by atoms with Gasteiger partial charge < -0.3 is 4.90 Å². The van der Waals surface area contributed by atoms with Crippen molar-refractivity contribution in [2.45, 2.75) is 26.7 Å². The van der Waals surface area contributed by atoms with Crippen molar-refractivity contribution in [3.63, 3.8) is 0 Å². The van der Waals surface area contributed by atoms with E-state index in [1.165, 1.54) is 0 Å². The van der Waals surface area contributed by atoms with Gasteiger partial charge in [0.1, 0.15) is 11.2 Å². The fraction of sp³-hybridized carbons (Fsp3) is 0.778. The predicted molar refractivity (Wildman–Crippen MR) is 45.7 cm³/mol. The largest absolute Gasteiger partial charge is 0.345 e. The van der Waals surface area contributed by atoms with E-state index in [0.717, 1.165) is 6.42 Å². The Hall–Kier alpha value is -0.860. The smallest absolute Gasteiger partial charge is 0.235 e. The zero-order chi connectivity index (χ0) is 9.35. The zero-order valence-electron chi connectivity index (χ0n) is 7.89. The molecule has 1 aliphatic heterocycles. The van der Waals surface area contributed by atoms with E-state index in [0.29, 0.717) is 13.0 Å². The summed E-state index contributed by atoms with van der Waals surface area (Å²) in [7, 11) is 1.75. The van der Waals surface area contributed by atoms with Crippen molar-refractivity contribution in [2.24, 2.45) is 5.41 Å². The van der Waals surface area contributed by atoms with Crippen molar-refractivity contribution >= 4 is 11.7 Å². The van der Waals surface area contributed by atoms with E-state index >= 15 is 0 Å². The van der Waals surface area contributed by atoms with E-state index in [-0.39, 0.29) is 11.7 Å². The minimum atomic E-state index is -0.800. The predicted octanol–water partition coefficient (Wildman–Crippen LogP) is 0.834. The summed E-state index contributed by atoms with van der Waals surface area (Å²) in [5.41, 5.74) is -0.800. The molecule has 0 aromatic carbocycles. The third-order valence-corrected chi connectivity index (χ3v) is 2.48. The molecule has 1 aliphatic rings. The quantitative estimate of drug-likeness (QED) is 0.504. The monoisotopic (exact) mass is 169 g/mol. The molecule has 0 bridgehead atoms. The second-order valence-electron chi connectivity index (χ2n) is 3.88. The first-order chi connectivity index (χ1) is 5.46. The molecule has 1 amide bonds. The normalized spacial score (nSPS) is 24.1. The van der Waals surface area contributed by atoms with Crippen LogP contribution in [0, 0.1) is 5.41 Å². The number of amides is 1. The van der Waals surface area contributed by atoms with Gasteiger partial charge in [0.15, 0.2) is 0 Å². The number of hydrogen-bond acceptors (Lipinski definition) is 2. The molecule has 0 saturated carbocycles. The first kappa shape index (κ1) is 9.23. The first-order valence-electron chi connectivity index (χ1n) is 4.25. The number of Topliss-reactive ketones (excluding diaryl/α,β-unsaturated/α-hetero) is 1. The third-order valence-electron chi connectivity index (χ3n) is 2.48. The molecule has 3 nitrogen and oxygen atoms in total. The standard InChI is InChI=1S/C9H15NO2/c1-9(2)7(11)5-4-6-10(3)8(9)12/h4-6H2,1-3H3. The minimum absolute atomic E-state index is 0.0509. The molecule has 1 rings (SSSR count). The van der Waals surface area contributed by atoms with Crippen LogP contribution < -0.4 is 0 Å². The van der Waals surface area contributed by atoms with E-state index in [1.54, 1.807) is 25.8 Å². The van der Waals surface area contributed by atoms with Gasteiger partial charge in [-0.3, -0.25) is 9.59 Å². The van der Waals surface area contributed by atoms with Gasteiger partial charge in [0, 0.05) is 20.0 Å². The number of ketones is 1. The Morgan fingerprint density at radius 3 is 2.50 bits per heavy atom. The molecule has 3 heteroatoms. The van der Waals surface area contributed by atoms with Crippen molar-refractivity contribution in [2.75, 3.05) is 13.6 Å². The Balaban J connectivity index is 2.93. The molecule has 0 aromatic rings. The molecule has 1 heterocycles. The van der Waals surface area contributed by atoms with Crippen molar-refractivity contribution in [3.8, 4) is 0 Å². The molecule has 0 aromatic heterocycles. The highest BCUT2D eigenvalue weighted by Crippen LogP contribution is 2.25. The van der Waals surface area contributed by atoms with Gasteiger partial charge in [-0.05, 0) is 20.3 Å². The average Bonchev–Trinajstić information content (AvgIpc) is 2.07. The molecule has 0 spiro atoms. The number of hydrogen-bond donors (Lipinski definition) is 0. The van der Waals surface area contributed by atoms with Gasteiger partial charge in [-0.1, -0.05) is 0 Å². The van der Waals surface area contributed by atoms with Crippen LogP contribution in [0.2, 0.25) is 0 Å². The maximum absolute atomic E-state index is 11.6. The lowest BCUT2D eigenvalue weighted by Crippen LogP contribution is -2.40. The molecule has 0 N–H and O–H groups in total. The zero-order valence-corrected chi connectivity index (χ0v) is 7.89. The summed E-state index contributed by atoms with van der Waals surface area (Å²) in [4.78, 5) is 24.7. The van der Waals surface area contributed by atoms with Crippen LogP contribution >= 0.6 is 0 Å². The summed E-state index contributed by atoms with van der Waals surface area (Å²) < 4.78 is 0. The molecular weight excluding hydrogens is 154 g/mol. The SMILES string of the molecule is CN1CCCC(=O)C(C)(C)C1=O. The highest BCUT2D eigenvalue weighted by atomic mass is 16.2. The Kier molecular flexibility index (Phi) is 2.22. The van der Waals surface area contributed by atoms with Crippen LogP contribution in [-0.2, 0) is 9.59 Å². The summed E-state index contributed by atoms with van der Waals surface area (Å²) >= 11 is 0. The average molecular weight is 169 g/mol. The number of nitrogens with zero attached hydrogens (tertiary/aromatic N) is 1. The maximum atomic E-state index is 11.6. The summed E-state index contributed by atoms with van der Waals surface area (Å²) in [6.07, 6.45) is 1.33. The Labute approximate surface area is 72.7 Å². The van der Waals surface area contributed by atoms with E-state index in [9.17, 15) is 9.59 Å². The number of carbonyl (C=O) groups excluding carboxylic acids is 2. The molecular formula is C9H15NO2. The second kappa shape index (κ2) is 2.88. The van der Waals surface area contributed by atoms with Gasteiger partial charge in [-0.25, -0.2) is 0 Å². The van der Waals surface area contributed by atoms with Crippen LogP contribution in [-0.4, -0.2) is 30.2 Å². The fourth-order valence-electron chi connectivity index (χ4n) is 1.49. The first-order valence-corrected chi connectivity index (χ1v) is 4.25. The van der Waals surface area contributed by atoms with Gasteiger partial charge >= 0.3 is 0 Å². The Morgan fingerprint density at radius 2 is 1.92 bits per heavy atom. The number of likely N-dealkylation sites (tertiary alicyclic amines) is 1. The summed E-state index contributed by atoms with van der Waals surface area (Å²) in [6, 6.07) is 0. The van der Waals surface area contributed by atoms with E-state index in [2.05, 4.69) is 0 Å².